The van der Waals surface area contributed by atoms with E-state index < -0.39 is 30.1 Å². The molecule has 2 aromatic carbocycles. The number of amides is 1. The number of fused-ring (bicyclic) bond motifs is 1. The lowest BCUT2D eigenvalue weighted by molar-refractivity contribution is -0.119. The molecule has 9 heteroatoms. The predicted octanol–water partition coefficient (Wildman–Crippen LogP) is 3.08. The highest BCUT2D eigenvalue weighted by molar-refractivity contribution is 7.99. The third kappa shape index (κ3) is 4.64. The number of rotatable bonds is 9. The zero-order chi connectivity index (χ0) is 24.7. The molecule has 0 bridgehead atoms. The predicted molar refractivity (Wildman–Crippen MR) is 138 cm³/mol. The molecular formula is C26H33N5O3S. The normalized spacial score (nSPS) is 27.9. The molecule has 2 aliphatic rings. The first-order chi connectivity index (χ1) is 16.9. The highest BCUT2D eigenvalue weighted by atomic mass is 32.2. The fraction of sp³-hybridized carbons (Fsp3) is 0.500. The maximum atomic E-state index is 11.5. The van der Waals surface area contributed by atoms with Crippen LogP contribution in [-0.2, 0) is 4.79 Å². The molecular weight excluding hydrogens is 462 g/mol. The van der Waals surface area contributed by atoms with Gasteiger partial charge in [0.2, 0.25) is 5.91 Å². The Morgan fingerprint density at radius 3 is 2.69 bits per heavy atom. The molecule has 3 aromatic rings. The number of nitrogens with two attached hydrogens (primary N) is 1. The molecule has 0 spiro atoms. The van der Waals surface area contributed by atoms with Crippen LogP contribution in [0.3, 0.4) is 0 Å². The van der Waals surface area contributed by atoms with Crippen LogP contribution in [0.1, 0.15) is 50.1 Å². The zero-order valence-electron chi connectivity index (χ0n) is 20.1. The Kier molecular flexibility index (Phi) is 6.74. The highest BCUT2D eigenvalue weighted by Gasteiger charge is 2.45. The molecule has 4 N–H and O–H groups in total. The molecule has 1 amide bonds. The van der Waals surface area contributed by atoms with Crippen LogP contribution in [0.4, 0.5) is 5.69 Å². The maximum Gasteiger partial charge on any atom is 0.217 e. The SMILES string of the molecule is CCCSc1cc(N(C)C2CC2c2ccccc2)c2nnn([C@@H]3C[C@H](CC(N)=O)[C@@H](O)[C@H]3O)c2c1. The topological polar surface area (TPSA) is 118 Å². The van der Waals surface area contributed by atoms with Crippen LogP contribution in [0.25, 0.3) is 11.0 Å². The minimum atomic E-state index is -1.04. The minimum Gasteiger partial charge on any atom is -0.390 e. The van der Waals surface area contributed by atoms with Crippen LogP contribution in [-0.4, -0.2) is 62.2 Å². The summed E-state index contributed by atoms with van der Waals surface area (Å²) in [6, 6.07) is 14.8. The third-order valence-electron chi connectivity index (χ3n) is 7.41. The van der Waals surface area contributed by atoms with Gasteiger partial charge in [-0.3, -0.25) is 4.79 Å². The van der Waals surface area contributed by atoms with E-state index in [2.05, 4.69) is 65.6 Å². The number of anilines is 1. The van der Waals surface area contributed by atoms with Crippen molar-refractivity contribution in [3.8, 4) is 0 Å². The molecule has 35 heavy (non-hydrogen) atoms. The molecule has 2 fully saturated rings. The number of nitrogens with zero attached hydrogens (tertiary/aromatic N) is 4. The quantitative estimate of drug-likeness (QED) is 0.391. The van der Waals surface area contributed by atoms with E-state index in [1.807, 2.05) is 6.07 Å². The summed E-state index contributed by atoms with van der Waals surface area (Å²) in [5, 5.41) is 30.3. The van der Waals surface area contributed by atoms with Crippen molar-refractivity contribution in [2.75, 3.05) is 17.7 Å². The van der Waals surface area contributed by atoms with Gasteiger partial charge in [-0.25, -0.2) is 4.68 Å². The number of aliphatic hydroxyl groups is 2. The molecule has 2 saturated carbocycles. The number of carbonyl (C=O) groups is 1. The maximum absolute atomic E-state index is 11.5. The van der Waals surface area contributed by atoms with E-state index in [0.717, 1.165) is 40.2 Å². The smallest absolute Gasteiger partial charge is 0.217 e. The van der Waals surface area contributed by atoms with Gasteiger partial charge < -0.3 is 20.8 Å². The van der Waals surface area contributed by atoms with Crippen molar-refractivity contribution in [3.63, 3.8) is 0 Å². The molecule has 2 aliphatic carbocycles. The number of aromatic nitrogens is 3. The van der Waals surface area contributed by atoms with Crippen molar-refractivity contribution in [2.24, 2.45) is 11.7 Å². The van der Waals surface area contributed by atoms with E-state index in [1.165, 1.54) is 5.56 Å². The summed E-state index contributed by atoms with van der Waals surface area (Å²) < 4.78 is 1.74. The van der Waals surface area contributed by atoms with Gasteiger partial charge in [0.15, 0.2) is 0 Å². The van der Waals surface area contributed by atoms with Crippen LogP contribution in [0.5, 0.6) is 0 Å². The summed E-state index contributed by atoms with van der Waals surface area (Å²) in [6.45, 7) is 2.16. The fourth-order valence-electron chi connectivity index (χ4n) is 5.46. The van der Waals surface area contributed by atoms with Crippen molar-refractivity contribution >= 4 is 34.4 Å². The Bertz CT molecular complexity index is 1200. The van der Waals surface area contributed by atoms with Gasteiger partial charge in [-0.15, -0.1) is 16.9 Å². The number of hydrogen-bond acceptors (Lipinski definition) is 7. The Morgan fingerprint density at radius 1 is 1.20 bits per heavy atom. The molecule has 186 valence electrons. The second-order valence-electron chi connectivity index (χ2n) is 9.84. The van der Waals surface area contributed by atoms with E-state index in [-0.39, 0.29) is 6.42 Å². The molecule has 2 unspecified atom stereocenters. The molecule has 6 atom stereocenters. The molecule has 0 saturated heterocycles. The molecule has 1 aromatic heterocycles. The second-order valence-corrected chi connectivity index (χ2v) is 11.0. The summed E-state index contributed by atoms with van der Waals surface area (Å²) in [6.07, 6.45) is 0.542. The van der Waals surface area contributed by atoms with Crippen LogP contribution >= 0.6 is 11.8 Å². The average molecular weight is 496 g/mol. The van der Waals surface area contributed by atoms with E-state index in [4.69, 9.17) is 5.73 Å². The summed E-state index contributed by atoms with van der Waals surface area (Å²) in [5.74, 6) is 0.603. The van der Waals surface area contributed by atoms with Crippen molar-refractivity contribution in [1.29, 1.82) is 0 Å². The Hall–Kier alpha value is -2.62. The molecule has 0 aliphatic heterocycles. The van der Waals surface area contributed by atoms with Crippen molar-refractivity contribution in [2.45, 2.75) is 67.7 Å². The second kappa shape index (κ2) is 9.79. The van der Waals surface area contributed by atoms with E-state index in [9.17, 15) is 15.0 Å². The number of carbonyl (C=O) groups excluding carboxylic acids is 1. The summed E-state index contributed by atoms with van der Waals surface area (Å²) >= 11 is 1.79. The molecule has 1 heterocycles. The number of hydrogen-bond donors (Lipinski definition) is 3. The fourth-order valence-corrected chi connectivity index (χ4v) is 6.29. The van der Waals surface area contributed by atoms with Gasteiger partial charge in [0, 0.05) is 30.3 Å². The monoisotopic (exact) mass is 495 g/mol. The first-order valence-electron chi connectivity index (χ1n) is 12.3. The zero-order valence-corrected chi connectivity index (χ0v) is 20.9. The van der Waals surface area contributed by atoms with Crippen molar-refractivity contribution in [3.05, 3.63) is 48.0 Å². The molecule has 5 rings (SSSR count). The van der Waals surface area contributed by atoms with Crippen LogP contribution in [0.2, 0.25) is 0 Å². The summed E-state index contributed by atoms with van der Waals surface area (Å²) in [5.41, 5.74) is 9.36. The van der Waals surface area contributed by atoms with E-state index in [0.29, 0.717) is 18.4 Å². The Morgan fingerprint density at radius 2 is 1.97 bits per heavy atom. The van der Waals surface area contributed by atoms with Crippen LogP contribution in [0, 0.1) is 5.92 Å². The molecule has 0 radical (unpaired) electrons. The number of likely N-dealkylation sites (N-methyl/N-ethyl adjacent to an activating group) is 1. The number of benzene rings is 2. The first-order valence-corrected chi connectivity index (χ1v) is 13.3. The average Bonchev–Trinajstić information content (AvgIpc) is 3.48. The van der Waals surface area contributed by atoms with Crippen molar-refractivity contribution in [1.82, 2.24) is 15.0 Å². The lowest BCUT2D eigenvalue weighted by Crippen LogP contribution is -2.31. The van der Waals surface area contributed by atoms with E-state index in [1.54, 1.807) is 16.4 Å². The van der Waals surface area contributed by atoms with Crippen LogP contribution in [0.15, 0.2) is 47.4 Å². The third-order valence-corrected chi connectivity index (χ3v) is 8.60. The number of aliphatic hydroxyl groups excluding tert-OH is 2. The molecule has 8 nitrogen and oxygen atoms in total. The van der Waals surface area contributed by atoms with Gasteiger partial charge >= 0.3 is 0 Å². The van der Waals surface area contributed by atoms with Gasteiger partial charge in [-0.05, 0) is 48.6 Å². The minimum absolute atomic E-state index is 0.0372. The summed E-state index contributed by atoms with van der Waals surface area (Å²) in [7, 11) is 2.12. The van der Waals surface area contributed by atoms with E-state index >= 15 is 0 Å². The standard InChI is InChI=1S/C26H33N5O3S/c1-3-9-35-17-12-20(30(2)19-14-18(19)15-7-5-4-6-8-15)24-21(13-17)31(29-28-24)22-10-16(11-23(27)32)25(33)26(22)34/h4-8,12-13,16,18-19,22,25-26,33-34H,3,9-11,14H2,1-2H3,(H2,27,32)/t16-,18?,19?,22-,25-,26+/m1/s1. The van der Waals surface area contributed by atoms with Gasteiger partial charge in [0.25, 0.3) is 0 Å². The van der Waals surface area contributed by atoms with Crippen LogP contribution < -0.4 is 10.6 Å². The largest absolute Gasteiger partial charge is 0.390 e. The lowest BCUT2D eigenvalue weighted by atomic mass is 10.0. The summed E-state index contributed by atoms with van der Waals surface area (Å²) in [4.78, 5) is 14.9. The highest BCUT2D eigenvalue weighted by Crippen LogP contribution is 2.47. The Labute approximate surface area is 209 Å². The number of thioether (sulfide) groups is 1. The number of primary amides is 1. The van der Waals surface area contributed by atoms with Gasteiger partial charge in [0.05, 0.1) is 23.3 Å². The van der Waals surface area contributed by atoms with Gasteiger partial charge in [-0.1, -0.05) is 42.5 Å². The first kappa shape index (κ1) is 24.1. The Balaban J connectivity index is 1.49. The lowest BCUT2D eigenvalue weighted by Gasteiger charge is -2.22. The van der Waals surface area contributed by atoms with Gasteiger partial charge in [0.1, 0.15) is 11.6 Å². The van der Waals surface area contributed by atoms with Crippen molar-refractivity contribution < 1.29 is 15.0 Å². The van der Waals surface area contributed by atoms with Gasteiger partial charge in [-0.2, -0.15) is 0 Å².